The second kappa shape index (κ2) is 5.59. The first-order valence-electron chi connectivity index (χ1n) is 4.91. The van der Waals surface area contributed by atoms with Crippen molar-refractivity contribution >= 4 is 11.8 Å². The Kier molecular flexibility index (Phi) is 4.73. The van der Waals surface area contributed by atoms with Crippen LogP contribution in [-0.4, -0.2) is 36.4 Å². The highest BCUT2D eigenvalue weighted by atomic mass is 32.2. The summed E-state index contributed by atoms with van der Waals surface area (Å²) in [5, 5.41) is 19.1. The minimum atomic E-state index is -0.645. The van der Waals surface area contributed by atoms with E-state index in [1.165, 1.54) is 0 Å². The van der Waals surface area contributed by atoms with E-state index in [9.17, 15) is 5.11 Å². The third-order valence-electron chi connectivity index (χ3n) is 2.73. The van der Waals surface area contributed by atoms with Crippen LogP contribution in [0.25, 0.3) is 0 Å². The van der Waals surface area contributed by atoms with Crippen molar-refractivity contribution in [3.63, 3.8) is 0 Å². The molecule has 1 saturated heterocycles. The highest BCUT2D eigenvalue weighted by molar-refractivity contribution is 7.98. The van der Waals surface area contributed by atoms with E-state index in [4.69, 9.17) is 10.00 Å². The summed E-state index contributed by atoms with van der Waals surface area (Å²) in [6, 6.07) is 2.24. The van der Waals surface area contributed by atoms with Crippen molar-refractivity contribution in [2.24, 2.45) is 5.41 Å². The Bertz CT molecular complexity index is 209. The molecular formula is C10H17NO2S. The molecule has 2 unspecified atom stereocenters. The zero-order chi connectivity index (χ0) is 10.4. The molecule has 14 heavy (non-hydrogen) atoms. The SMILES string of the molecule is CSCCC(O)C1(C#N)CCCOC1. The van der Waals surface area contributed by atoms with Crippen LogP contribution in [0, 0.1) is 16.7 Å². The molecule has 0 spiro atoms. The molecule has 80 valence electrons. The number of ether oxygens (including phenoxy) is 1. The number of rotatable bonds is 4. The van der Waals surface area contributed by atoms with Crippen LogP contribution in [0.5, 0.6) is 0 Å². The second-order valence-corrected chi connectivity index (χ2v) is 4.71. The van der Waals surface area contributed by atoms with E-state index in [1.807, 2.05) is 6.26 Å². The Hall–Kier alpha value is -0.240. The van der Waals surface area contributed by atoms with Crippen LogP contribution in [0.2, 0.25) is 0 Å². The summed E-state index contributed by atoms with van der Waals surface area (Å²) in [6.45, 7) is 1.11. The standard InChI is InChI=1S/C10H17NO2S/c1-14-6-3-9(12)10(7-11)4-2-5-13-8-10/h9,12H,2-6,8H2,1H3. The summed E-state index contributed by atoms with van der Waals surface area (Å²) < 4.78 is 5.29. The fraction of sp³-hybridized carbons (Fsp3) is 0.900. The van der Waals surface area contributed by atoms with Crippen molar-refractivity contribution in [3.05, 3.63) is 0 Å². The highest BCUT2D eigenvalue weighted by Gasteiger charge is 2.39. The maximum Gasteiger partial charge on any atom is 0.106 e. The van der Waals surface area contributed by atoms with Crippen molar-refractivity contribution in [1.29, 1.82) is 5.26 Å². The van der Waals surface area contributed by atoms with Gasteiger partial charge in [0.2, 0.25) is 0 Å². The van der Waals surface area contributed by atoms with Crippen molar-refractivity contribution in [1.82, 2.24) is 0 Å². The van der Waals surface area contributed by atoms with Gasteiger partial charge >= 0.3 is 0 Å². The van der Waals surface area contributed by atoms with Crippen molar-refractivity contribution in [2.75, 3.05) is 25.2 Å². The number of aliphatic hydroxyl groups is 1. The van der Waals surface area contributed by atoms with E-state index < -0.39 is 11.5 Å². The van der Waals surface area contributed by atoms with E-state index in [0.717, 1.165) is 25.2 Å². The zero-order valence-electron chi connectivity index (χ0n) is 8.53. The number of thioether (sulfide) groups is 1. The van der Waals surface area contributed by atoms with Crippen LogP contribution >= 0.6 is 11.8 Å². The van der Waals surface area contributed by atoms with Gasteiger partial charge in [-0.2, -0.15) is 17.0 Å². The molecule has 3 nitrogen and oxygen atoms in total. The van der Waals surface area contributed by atoms with Crippen LogP contribution in [-0.2, 0) is 4.74 Å². The van der Waals surface area contributed by atoms with Gasteiger partial charge in [-0.25, -0.2) is 0 Å². The van der Waals surface area contributed by atoms with Crippen LogP contribution in [0.15, 0.2) is 0 Å². The van der Waals surface area contributed by atoms with Crippen molar-refractivity contribution in [3.8, 4) is 6.07 Å². The maximum atomic E-state index is 9.94. The molecule has 0 saturated carbocycles. The van der Waals surface area contributed by atoms with Gasteiger partial charge in [0.1, 0.15) is 5.41 Å². The topological polar surface area (TPSA) is 53.2 Å². The van der Waals surface area contributed by atoms with E-state index in [1.54, 1.807) is 11.8 Å². The molecule has 1 aliphatic heterocycles. The van der Waals surface area contributed by atoms with Crippen LogP contribution < -0.4 is 0 Å². The average Bonchev–Trinajstić information content (AvgIpc) is 2.26. The predicted octanol–water partition coefficient (Wildman–Crippen LogP) is 1.42. The lowest BCUT2D eigenvalue weighted by Crippen LogP contribution is -2.41. The molecule has 1 aliphatic rings. The highest BCUT2D eigenvalue weighted by Crippen LogP contribution is 2.33. The molecule has 0 aliphatic carbocycles. The summed E-state index contributed by atoms with van der Waals surface area (Å²) >= 11 is 1.69. The van der Waals surface area contributed by atoms with Gasteiger partial charge in [-0.15, -0.1) is 0 Å². The molecule has 0 aromatic heterocycles. The van der Waals surface area contributed by atoms with E-state index in [0.29, 0.717) is 13.0 Å². The molecule has 1 N–H and O–H groups in total. The first kappa shape index (κ1) is 11.8. The van der Waals surface area contributed by atoms with Crippen molar-refractivity contribution in [2.45, 2.75) is 25.4 Å². The Morgan fingerprint density at radius 1 is 1.71 bits per heavy atom. The fourth-order valence-electron chi connectivity index (χ4n) is 1.75. The lowest BCUT2D eigenvalue weighted by Gasteiger charge is -2.34. The quantitative estimate of drug-likeness (QED) is 0.770. The zero-order valence-corrected chi connectivity index (χ0v) is 9.35. The summed E-state index contributed by atoms with van der Waals surface area (Å²) in [5.41, 5.74) is -0.645. The minimum Gasteiger partial charge on any atom is -0.391 e. The largest absolute Gasteiger partial charge is 0.391 e. The van der Waals surface area contributed by atoms with Gasteiger partial charge in [0.15, 0.2) is 0 Å². The number of nitriles is 1. The lowest BCUT2D eigenvalue weighted by atomic mass is 9.78. The van der Waals surface area contributed by atoms with Gasteiger partial charge in [0, 0.05) is 6.61 Å². The van der Waals surface area contributed by atoms with Crippen LogP contribution in [0.3, 0.4) is 0 Å². The predicted molar refractivity (Wildman–Crippen MR) is 57.1 cm³/mol. The number of aliphatic hydroxyl groups excluding tert-OH is 1. The second-order valence-electron chi connectivity index (χ2n) is 3.72. The molecule has 2 atom stereocenters. The van der Waals surface area contributed by atoms with E-state index in [-0.39, 0.29) is 0 Å². The van der Waals surface area contributed by atoms with Gasteiger partial charge in [0.25, 0.3) is 0 Å². The van der Waals surface area contributed by atoms with Crippen LogP contribution in [0.4, 0.5) is 0 Å². The van der Waals surface area contributed by atoms with Gasteiger partial charge in [-0.1, -0.05) is 0 Å². The van der Waals surface area contributed by atoms with Gasteiger partial charge in [-0.3, -0.25) is 0 Å². The lowest BCUT2D eigenvalue weighted by molar-refractivity contribution is -0.0495. The Morgan fingerprint density at radius 2 is 2.50 bits per heavy atom. The Balaban J connectivity index is 2.54. The smallest absolute Gasteiger partial charge is 0.106 e. The van der Waals surface area contributed by atoms with Crippen LogP contribution in [0.1, 0.15) is 19.3 Å². The molecule has 0 aromatic carbocycles. The summed E-state index contributed by atoms with van der Waals surface area (Å²) in [5.74, 6) is 0.893. The third kappa shape index (κ3) is 2.63. The molecular weight excluding hydrogens is 198 g/mol. The summed E-state index contributed by atoms with van der Waals surface area (Å²) in [4.78, 5) is 0. The molecule has 4 heteroatoms. The summed E-state index contributed by atoms with van der Waals surface area (Å²) in [6.07, 6.45) is 3.78. The molecule has 1 rings (SSSR count). The molecule has 0 amide bonds. The monoisotopic (exact) mass is 215 g/mol. The Labute approximate surface area is 89.4 Å². The first-order chi connectivity index (χ1) is 6.75. The fourth-order valence-corrected chi connectivity index (χ4v) is 2.21. The Morgan fingerprint density at radius 3 is 3.00 bits per heavy atom. The average molecular weight is 215 g/mol. The minimum absolute atomic E-state index is 0.388. The third-order valence-corrected chi connectivity index (χ3v) is 3.37. The number of hydrogen-bond acceptors (Lipinski definition) is 4. The molecule has 1 fully saturated rings. The molecule has 0 radical (unpaired) electrons. The molecule has 0 bridgehead atoms. The van der Waals surface area contributed by atoms with Gasteiger partial charge < -0.3 is 9.84 Å². The van der Waals surface area contributed by atoms with E-state index >= 15 is 0 Å². The normalized spacial score (nSPS) is 29.5. The summed E-state index contributed by atoms with van der Waals surface area (Å²) in [7, 11) is 0. The first-order valence-corrected chi connectivity index (χ1v) is 6.30. The van der Waals surface area contributed by atoms with Gasteiger partial charge in [-0.05, 0) is 31.3 Å². The number of hydrogen-bond donors (Lipinski definition) is 1. The van der Waals surface area contributed by atoms with Gasteiger partial charge in [0.05, 0.1) is 18.8 Å². The van der Waals surface area contributed by atoms with E-state index in [2.05, 4.69) is 6.07 Å². The van der Waals surface area contributed by atoms with Crippen molar-refractivity contribution < 1.29 is 9.84 Å². The molecule has 1 heterocycles. The maximum absolute atomic E-state index is 9.94. The number of nitrogens with zero attached hydrogens (tertiary/aromatic N) is 1. The molecule has 0 aromatic rings.